The Bertz CT molecular complexity index is 332. The van der Waals surface area contributed by atoms with Crippen molar-refractivity contribution in [1.29, 1.82) is 0 Å². The third-order valence-corrected chi connectivity index (χ3v) is 3.25. The number of nitrogens with one attached hydrogen (secondary N) is 1. The van der Waals surface area contributed by atoms with E-state index in [0.29, 0.717) is 13.0 Å². The van der Waals surface area contributed by atoms with Gasteiger partial charge in [0.2, 0.25) is 11.8 Å². The summed E-state index contributed by atoms with van der Waals surface area (Å²) in [7, 11) is 0. The van der Waals surface area contributed by atoms with E-state index in [9.17, 15) is 9.59 Å². The molecule has 3 N–H and O–H groups in total. The molecule has 1 fully saturated rings. The van der Waals surface area contributed by atoms with Crippen LogP contribution < -0.4 is 11.1 Å². The molecule has 5 heteroatoms. The van der Waals surface area contributed by atoms with Crippen molar-refractivity contribution in [2.45, 2.75) is 24.8 Å². The van der Waals surface area contributed by atoms with Crippen molar-refractivity contribution in [1.82, 2.24) is 10.2 Å². The molecule has 2 heterocycles. The number of rotatable bonds is 2. The van der Waals surface area contributed by atoms with Gasteiger partial charge in [0.15, 0.2) is 0 Å². The number of carbonyl (C=O) groups is 2. The van der Waals surface area contributed by atoms with E-state index in [2.05, 4.69) is 5.32 Å². The lowest BCUT2D eigenvalue weighted by Crippen LogP contribution is -2.55. The molecule has 0 radical (unpaired) electrons. The van der Waals surface area contributed by atoms with Crippen LogP contribution in [-0.4, -0.2) is 41.9 Å². The van der Waals surface area contributed by atoms with Gasteiger partial charge in [0.1, 0.15) is 5.54 Å². The Hall–Kier alpha value is -1.36. The van der Waals surface area contributed by atoms with Crippen LogP contribution in [0.3, 0.4) is 0 Å². The van der Waals surface area contributed by atoms with Gasteiger partial charge >= 0.3 is 0 Å². The quantitative estimate of drug-likeness (QED) is 0.613. The van der Waals surface area contributed by atoms with Crippen molar-refractivity contribution in [3.8, 4) is 0 Å². The van der Waals surface area contributed by atoms with Gasteiger partial charge in [0.25, 0.3) is 0 Å². The third kappa shape index (κ3) is 1.95. The van der Waals surface area contributed by atoms with Crippen LogP contribution in [0.2, 0.25) is 0 Å². The van der Waals surface area contributed by atoms with Gasteiger partial charge in [-0.25, -0.2) is 0 Å². The lowest BCUT2D eigenvalue weighted by molar-refractivity contribution is -0.139. The molecule has 1 spiro atoms. The number of nitrogens with two attached hydrogens (primary N) is 1. The first-order valence-corrected chi connectivity index (χ1v) is 5.62. The Kier molecular flexibility index (Phi) is 2.96. The fraction of sp³-hybridized carbons (Fsp3) is 0.636. The zero-order chi connectivity index (χ0) is 11.6. The van der Waals surface area contributed by atoms with Crippen LogP contribution in [0.25, 0.3) is 0 Å². The topological polar surface area (TPSA) is 75.4 Å². The highest BCUT2D eigenvalue weighted by atomic mass is 16.2. The second kappa shape index (κ2) is 4.25. The first-order valence-electron chi connectivity index (χ1n) is 5.62. The van der Waals surface area contributed by atoms with Crippen LogP contribution in [0, 0.1) is 0 Å². The molecule has 0 aromatic rings. The van der Waals surface area contributed by atoms with Gasteiger partial charge in [-0.1, -0.05) is 12.2 Å². The molecule has 0 saturated carbocycles. The van der Waals surface area contributed by atoms with Crippen molar-refractivity contribution in [2.24, 2.45) is 5.73 Å². The van der Waals surface area contributed by atoms with Gasteiger partial charge in [-0.15, -0.1) is 0 Å². The summed E-state index contributed by atoms with van der Waals surface area (Å²) in [6.07, 6.45) is 6.49. The molecule has 1 atom stereocenters. The van der Waals surface area contributed by atoms with Gasteiger partial charge in [-0.2, -0.15) is 0 Å². The van der Waals surface area contributed by atoms with E-state index < -0.39 is 11.4 Å². The van der Waals surface area contributed by atoms with Crippen LogP contribution >= 0.6 is 0 Å². The summed E-state index contributed by atoms with van der Waals surface area (Å²) >= 11 is 0. The van der Waals surface area contributed by atoms with E-state index in [1.54, 1.807) is 0 Å². The van der Waals surface area contributed by atoms with E-state index in [4.69, 9.17) is 5.73 Å². The third-order valence-electron chi connectivity index (χ3n) is 3.25. The van der Waals surface area contributed by atoms with Crippen LogP contribution in [0.15, 0.2) is 12.2 Å². The average molecular weight is 223 g/mol. The second-order valence-corrected chi connectivity index (χ2v) is 4.44. The standard InChI is InChI=1S/C11H17N3O2/c12-9(15)8-14-7-2-1-4-11(10(14)16)5-3-6-13-11/h1-2,13H,3-8H2,(H2,12,15). The molecule has 0 bridgehead atoms. The largest absolute Gasteiger partial charge is 0.368 e. The van der Waals surface area contributed by atoms with Crippen LogP contribution in [0.5, 0.6) is 0 Å². The second-order valence-electron chi connectivity index (χ2n) is 4.44. The van der Waals surface area contributed by atoms with Crippen LogP contribution in [-0.2, 0) is 9.59 Å². The fourth-order valence-electron chi connectivity index (χ4n) is 2.45. The van der Waals surface area contributed by atoms with E-state index in [1.165, 1.54) is 4.90 Å². The minimum Gasteiger partial charge on any atom is -0.368 e. The van der Waals surface area contributed by atoms with E-state index >= 15 is 0 Å². The predicted octanol–water partition coefficient (Wildman–Crippen LogP) is -0.618. The maximum Gasteiger partial charge on any atom is 0.243 e. The fourth-order valence-corrected chi connectivity index (χ4v) is 2.45. The number of hydrogen-bond acceptors (Lipinski definition) is 3. The van der Waals surface area contributed by atoms with Crippen LogP contribution in [0.4, 0.5) is 0 Å². The molecule has 1 saturated heterocycles. The minimum atomic E-state index is -0.484. The minimum absolute atomic E-state index is 0.00655. The smallest absolute Gasteiger partial charge is 0.243 e. The zero-order valence-corrected chi connectivity index (χ0v) is 9.24. The molecule has 2 rings (SSSR count). The normalized spacial score (nSPS) is 29.8. The summed E-state index contributed by atoms with van der Waals surface area (Å²) in [5.41, 5.74) is 4.66. The average Bonchev–Trinajstić information content (AvgIpc) is 2.65. The number of hydrogen-bond donors (Lipinski definition) is 2. The highest BCUT2D eigenvalue weighted by Crippen LogP contribution is 2.27. The summed E-state index contributed by atoms with van der Waals surface area (Å²) in [5.74, 6) is -0.453. The van der Waals surface area contributed by atoms with Crippen molar-refractivity contribution in [3.05, 3.63) is 12.2 Å². The molecular formula is C11H17N3O2. The summed E-state index contributed by atoms with van der Waals surface area (Å²) < 4.78 is 0. The van der Waals surface area contributed by atoms with Crippen LogP contribution in [0.1, 0.15) is 19.3 Å². The monoisotopic (exact) mass is 223 g/mol. The Morgan fingerprint density at radius 1 is 1.56 bits per heavy atom. The Labute approximate surface area is 94.7 Å². The summed E-state index contributed by atoms with van der Waals surface area (Å²) in [4.78, 5) is 24.8. The van der Waals surface area contributed by atoms with Crippen molar-refractivity contribution >= 4 is 11.8 Å². The van der Waals surface area contributed by atoms with Crippen molar-refractivity contribution in [2.75, 3.05) is 19.6 Å². The first-order chi connectivity index (χ1) is 7.64. The van der Waals surface area contributed by atoms with E-state index in [1.807, 2.05) is 12.2 Å². The molecule has 1 unspecified atom stereocenters. The summed E-state index contributed by atoms with van der Waals surface area (Å²) in [5, 5.41) is 3.27. The molecule has 0 aromatic carbocycles. The van der Waals surface area contributed by atoms with Crippen molar-refractivity contribution < 1.29 is 9.59 Å². The molecule has 2 aliphatic rings. The Morgan fingerprint density at radius 2 is 2.38 bits per heavy atom. The first kappa shape index (κ1) is 11.1. The molecule has 5 nitrogen and oxygen atoms in total. The Balaban J connectivity index is 2.18. The molecule has 16 heavy (non-hydrogen) atoms. The van der Waals surface area contributed by atoms with Gasteiger partial charge in [-0.05, 0) is 25.8 Å². The lowest BCUT2D eigenvalue weighted by atomic mass is 9.92. The number of carbonyl (C=O) groups excluding carboxylic acids is 2. The highest BCUT2D eigenvalue weighted by Gasteiger charge is 2.43. The number of nitrogens with zero attached hydrogens (tertiary/aromatic N) is 1. The number of primary amides is 1. The highest BCUT2D eigenvalue weighted by molar-refractivity contribution is 5.90. The molecule has 2 amide bonds. The zero-order valence-electron chi connectivity index (χ0n) is 9.24. The SMILES string of the molecule is NC(=O)CN1CC=CCC2(CCCN2)C1=O. The lowest BCUT2D eigenvalue weighted by Gasteiger charge is -2.31. The maximum absolute atomic E-state index is 12.3. The Morgan fingerprint density at radius 3 is 3.00 bits per heavy atom. The van der Waals surface area contributed by atoms with Gasteiger partial charge in [-0.3, -0.25) is 9.59 Å². The van der Waals surface area contributed by atoms with Crippen molar-refractivity contribution in [3.63, 3.8) is 0 Å². The number of amides is 2. The molecular weight excluding hydrogens is 206 g/mol. The van der Waals surface area contributed by atoms with E-state index in [0.717, 1.165) is 19.4 Å². The van der Waals surface area contributed by atoms with Gasteiger partial charge < -0.3 is 16.0 Å². The summed E-state index contributed by atoms with van der Waals surface area (Å²) in [6, 6.07) is 0. The van der Waals surface area contributed by atoms with E-state index in [-0.39, 0.29) is 12.5 Å². The molecule has 0 aliphatic carbocycles. The molecule has 0 aromatic heterocycles. The molecule has 2 aliphatic heterocycles. The molecule has 88 valence electrons. The maximum atomic E-state index is 12.3. The summed E-state index contributed by atoms with van der Waals surface area (Å²) in [6.45, 7) is 1.35. The van der Waals surface area contributed by atoms with Gasteiger partial charge in [0, 0.05) is 6.54 Å². The predicted molar refractivity (Wildman–Crippen MR) is 59.5 cm³/mol. The van der Waals surface area contributed by atoms with Gasteiger partial charge in [0.05, 0.1) is 6.54 Å².